The summed E-state index contributed by atoms with van der Waals surface area (Å²) in [7, 11) is -4.58. The number of carbonyl (C=O) groups excluding carboxylic acids is 1. The number of ether oxygens (including phenoxy) is 1. The van der Waals surface area contributed by atoms with E-state index in [1.165, 1.54) is 28.8 Å². The second-order valence-corrected chi connectivity index (χ2v) is 21.0. The molecular formula is C49H57ClN8O7S. The Morgan fingerprint density at radius 1 is 0.985 bits per heavy atom. The summed E-state index contributed by atoms with van der Waals surface area (Å²) in [5.74, 6) is -0.269. The molecule has 0 atom stereocenters. The molecule has 348 valence electrons. The molecular weight excluding hydrogens is 880 g/mol. The third-order valence-corrected chi connectivity index (χ3v) is 15.3. The zero-order valence-corrected chi connectivity index (χ0v) is 39.0. The number of aliphatic hydroxyl groups is 1. The summed E-state index contributed by atoms with van der Waals surface area (Å²) in [4.78, 5) is 40.3. The van der Waals surface area contributed by atoms with E-state index in [0.717, 1.165) is 87.0 Å². The molecule has 3 aromatic carbocycles. The van der Waals surface area contributed by atoms with Gasteiger partial charge in [-0.05, 0) is 128 Å². The molecule has 2 aromatic heterocycles. The molecule has 4 aliphatic rings. The van der Waals surface area contributed by atoms with Gasteiger partial charge in [0.2, 0.25) is 5.88 Å². The minimum absolute atomic E-state index is 0.107. The molecule has 2 aliphatic heterocycles. The van der Waals surface area contributed by atoms with Crippen molar-refractivity contribution in [2.45, 2.75) is 76.2 Å². The Kier molecular flexibility index (Phi) is 13.0. The number of anilines is 4. The molecule has 4 heterocycles. The first-order valence-electron chi connectivity index (χ1n) is 22.9. The number of rotatable bonds is 12. The number of aromatic nitrogens is 2. The fourth-order valence-corrected chi connectivity index (χ4v) is 11.0. The average molecular weight is 938 g/mol. The van der Waals surface area contributed by atoms with Crippen molar-refractivity contribution in [1.29, 1.82) is 0 Å². The minimum Gasteiger partial charge on any atom is -0.476 e. The molecule has 9 rings (SSSR count). The fourth-order valence-electron chi connectivity index (χ4n) is 9.86. The van der Waals surface area contributed by atoms with Crippen LogP contribution in [0.5, 0.6) is 5.88 Å². The number of piperazine rings is 1. The van der Waals surface area contributed by atoms with Crippen LogP contribution in [-0.2, 0) is 10.0 Å². The third kappa shape index (κ3) is 10.0. The first-order valence-corrected chi connectivity index (χ1v) is 24.8. The molecule has 17 heteroatoms. The minimum atomic E-state index is -4.58. The number of nitro groups is 1. The molecule has 2 fully saturated rings. The van der Waals surface area contributed by atoms with Crippen LogP contribution in [-0.4, -0.2) is 97.7 Å². The highest BCUT2D eigenvalue weighted by Crippen LogP contribution is 2.44. The van der Waals surface area contributed by atoms with Gasteiger partial charge in [0.25, 0.3) is 21.6 Å². The average Bonchev–Trinajstić information content (AvgIpc) is 3.66. The molecule has 1 amide bonds. The molecule has 0 spiro atoms. The van der Waals surface area contributed by atoms with Crippen molar-refractivity contribution in [2.75, 3.05) is 67.5 Å². The molecule has 5 aromatic rings. The lowest BCUT2D eigenvalue weighted by molar-refractivity contribution is -0.384. The number of hydrogen-bond acceptors (Lipinski definition) is 12. The molecule has 0 radical (unpaired) electrons. The monoisotopic (exact) mass is 936 g/mol. The highest BCUT2D eigenvalue weighted by Gasteiger charge is 2.32. The SMILES string of the molecule is CC1(C)CCC(CN2CCN(c3ccc(C(=O)NS(=O)(=O)c4ccc(NCC5CCC(O)CC5)c([N+](=O)[O-])c4)c(N4CCCOc5nc6[nH]ccc6cc54)c3)CC2)=C(c2ccc(Cl)cc2)C1. The van der Waals surface area contributed by atoms with Crippen LogP contribution in [0, 0.1) is 21.4 Å². The van der Waals surface area contributed by atoms with Gasteiger partial charge >= 0.3 is 0 Å². The number of sulfonamides is 1. The van der Waals surface area contributed by atoms with E-state index >= 15 is 0 Å². The number of nitro benzene ring substituents is 1. The predicted octanol–water partition coefficient (Wildman–Crippen LogP) is 8.91. The van der Waals surface area contributed by atoms with Crippen LogP contribution in [0.4, 0.5) is 28.4 Å². The number of hydrogen-bond donors (Lipinski definition) is 4. The van der Waals surface area contributed by atoms with E-state index in [-0.39, 0.29) is 28.7 Å². The number of halogens is 1. The molecule has 15 nitrogen and oxygen atoms in total. The lowest BCUT2D eigenvalue weighted by atomic mass is 9.72. The standard InChI is InChI=1S/C49H57ClN8O7S/c1-49(2)18-16-35(41(29-49)33-6-8-36(50)9-7-33)31-55-21-23-56(24-22-55)37-10-14-40(43(27-37)57-20-3-25-65-48-45(57)26-34-17-19-51-46(34)53-48)47(60)54-66(63,64)39-13-15-42(44(28-39)58(61)62)52-30-32-4-11-38(59)12-5-32/h6-10,13-15,17,19,26-28,32,38,52,59H,3-5,11-12,16,18,20-25,29-31H2,1-2H3,(H,51,53)(H,54,60). The van der Waals surface area contributed by atoms with Gasteiger partial charge in [0.05, 0.1) is 33.8 Å². The summed E-state index contributed by atoms with van der Waals surface area (Å²) >= 11 is 6.27. The van der Waals surface area contributed by atoms with E-state index in [2.05, 4.69) is 50.8 Å². The number of amides is 1. The Bertz CT molecular complexity index is 2760. The quantitative estimate of drug-likeness (QED) is 0.0689. The maximum atomic E-state index is 14.4. The Hall–Kier alpha value is -5.68. The van der Waals surface area contributed by atoms with Gasteiger partial charge in [0, 0.05) is 74.2 Å². The third-order valence-electron chi connectivity index (χ3n) is 13.7. The van der Waals surface area contributed by atoms with Gasteiger partial charge in [-0.25, -0.2) is 13.1 Å². The Morgan fingerprint density at radius 3 is 2.52 bits per heavy atom. The van der Waals surface area contributed by atoms with Crippen LogP contribution in [0.1, 0.15) is 81.1 Å². The van der Waals surface area contributed by atoms with Crippen molar-refractivity contribution in [3.8, 4) is 5.88 Å². The lowest BCUT2D eigenvalue weighted by Gasteiger charge is -2.39. The van der Waals surface area contributed by atoms with Crippen LogP contribution in [0.3, 0.4) is 0 Å². The summed E-state index contributed by atoms with van der Waals surface area (Å²) in [5, 5.41) is 26.8. The molecule has 0 unspecified atom stereocenters. The van der Waals surface area contributed by atoms with E-state index in [0.29, 0.717) is 61.9 Å². The maximum Gasteiger partial charge on any atom is 0.293 e. The van der Waals surface area contributed by atoms with Crippen molar-refractivity contribution in [3.05, 3.63) is 111 Å². The summed E-state index contributed by atoms with van der Waals surface area (Å²) in [6.07, 6.45) is 8.18. The van der Waals surface area contributed by atoms with Gasteiger partial charge in [0.1, 0.15) is 17.0 Å². The second-order valence-electron chi connectivity index (χ2n) is 18.9. The number of nitrogens with zero attached hydrogens (tertiary/aromatic N) is 5. The number of fused-ring (bicyclic) bond motifs is 2. The molecule has 66 heavy (non-hydrogen) atoms. The zero-order chi connectivity index (χ0) is 46.2. The van der Waals surface area contributed by atoms with Gasteiger partial charge in [-0.15, -0.1) is 0 Å². The predicted molar refractivity (Wildman–Crippen MR) is 259 cm³/mol. The molecule has 2 aliphatic carbocycles. The smallest absolute Gasteiger partial charge is 0.293 e. The number of H-pyrrole nitrogens is 1. The van der Waals surface area contributed by atoms with Crippen LogP contribution in [0.2, 0.25) is 5.02 Å². The normalized spacial score (nSPS) is 20.4. The summed E-state index contributed by atoms with van der Waals surface area (Å²) in [5.41, 5.74) is 6.88. The van der Waals surface area contributed by atoms with Crippen LogP contribution in [0.25, 0.3) is 16.6 Å². The highest BCUT2D eigenvalue weighted by molar-refractivity contribution is 7.90. The fraction of sp³-hybridized carbons (Fsp3) is 0.429. The second kappa shape index (κ2) is 18.9. The molecule has 0 bridgehead atoms. The largest absolute Gasteiger partial charge is 0.476 e. The van der Waals surface area contributed by atoms with Crippen molar-refractivity contribution < 1.29 is 28.0 Å². The summed E-state index contributed by atoms with van der Waals surface area (Å²) < 4.78 is 36.3. The highest BCUT2D eigenvalue weighted by atomic mass is 35.5. The Balaban J connectivity index is 0.980. The van der Waals surface area contributed by atoms with E-state index < -0.39 is 31.4 Å². The van der Waals surface area contributed by atoms with E-state index in [1.54, 1.807) is 12.3 Å². The van der Waals surface area contributed by atoms with Crippen LogP contribution >= 0.6 is 11.6 Å². The Labute approximate surface area is 390 Å². The maximum absolute atomic E-state index is 14.4. The molecule has 4 N–H and O–H groups in total. The molecule has 1 saturated heterocycles. The van der Waals surface area contributed by atoms with Gasteiger partial charge in [0.15, 0.2) is 0 Å². The number of aromatic amines is 1. The van der Waals surface area contributed by atoms with Crippen molar-refractivity contribution in [2.24, 2.45) is 11.3 Å². The van der Waals surface area contributed by atoms with E-state index in [4.69, 9.17) is 21.3 Å². The van der Waals surface area contributed by atoms with Gasteiger partial charge in [-0.2, -0.15) is 4.98 Å². The number of carbonyl (C=O) groups is 1. The van der Waals surface area contributed by atoms with E-state index in [9.17, 15) is 28.4 Å². The first kappa shape index (κ1) is 45.5. The summed E-state index contributed by atoms with van der Waals surface area (Å²) in [6, 6.07) is 21.1. The number of pyridine rings is 1. The number of allylic oxidation sites excluding steroid dienone is 1. The zero-order valence-electron chi connectivity index (χ0n) is 37.4. The van der Waals surface area contributed by atoms with Gasteiger partial charge in [-0.1, -0.05) is 43.2 Å². The van der Waals surface area contributed by atoms with E-state index in [1.807, 2.05) is 41.3 Å². The van der Waals surface area contributed by atoms with Crippen molar-refractivity contribution in [3.63, 3.8) is 0 Å². The molecule has 1 saturated carbocycles. The van der Waals surface area contributed by atoms with Crippen molar-refractivity contribution >= 4 is 72.6 Å². The Morgan fingerprint density at radius 2 is 1.76 bits per heavy atom. The van der Waals surface area contributed by atoms with Crippen LogP contribution < -0.4 is 24.6 Å². The van der Waals surface area contributed by atoms with Gasteiger partial charge < -0.3 is 29.9 Å². The number of benzene rings is 3. The lowest BCUT2D eigenvalue weighted by Crippen LogP contribution is -2.47. The topological polar surface area (TPSA) is 186 Å². The summed E-state index contributed by atoms with van der Waals surface area (Å²) in [6.45, 7) is 10.0. The van der Waals surface area contributed by atoms with Crippen LogP contribution in [0.15, 0.2) is 89.5 Å². The number of aliphatic hydroxyl groups excluding tert-OH is 1. The van der Waals surface area contributed by atoms with Crippen molar-refractivity contribution in [1.82, 2.24) is 19.6 Å². The first-order chi connectivity index (χ1) is 31.7. The van der Waals surface area contributed by atoms with Gasteiger partial charge in [-0.3, -0.25) is 19.8 Å². The number of nitrogens with one attached hydrogen (secondary N) is 3.